The van der Waals surface area contributed by atoms with Crippen molar-refractivity contribution < 1.29 is 4.74 Å². The zero-order chi connectivity index (χ0) is 12.8. The molecule has 0 saturated heterocycles. The molecule has 4 nitrogen and oxygen atoms in total. The highest BCUT2D eigenvalue weighted by molar-refractivity contribution is 5.65. The molecule has 0 atom stereocenters. The molecule has 4 heteroatoms. The van der Waals surface area contributed by atoms with E-state index >= 15 is 0 Å². The minimum atomic E-state index is 0.563. The Hall–Kier alpha value is -2.38. The van der Waals surface area contributed by atoms with Crippen LogP contribution in [0.25, 0.3) is 0 Å². The van der Waals surface area contributed by atoms with Crippen molar-refractivity contribution >= 4 is 11.4 Å². The largest absolute Gasteiger partial charge is 0.380 e. The lowest BCUT2D eigenvalue weighted by molar-refractivity contribution is 0.185. The molecule has 1 N–H and O–H groups in total. The minimum Gasteiger partial charge on any atom is -0.380 e. The Morgan fingerprint density at radius 2 is 2.28 bits per heavy atom. The molecule has 18 heavy (non-hydrogen) atoms. The van der Waals surface area contributed by atoms with E-state index in [9.17, 15) is 0 Å². The Kier molecular flexibility index (Phi) is 3.90. The van der Waals surface area contributed by atoms with Crippen molar-refractivity contribution in [2.75, 3.05) is 12.4 Å². The maximum Gasteiger partial charge on any atom is 0.101 e. The van der Waals surface area contributed by atoms with E-state index in [1.54, 1.807) is 25.6 Å². The van der Waals surface area contributed by atoms with Crippen LogP contribution < -0.4 is 5.32 Å². The number of rotatable bonds is 4. The number of ether oxygens (including phenoxy) is 1. The number of methoxy groups -OCH3 is 1. The number of pyridine rings is 1. The van der Waals surface area contributed by atoms with Crippen molar-refractivity contribution in [2.24, 2.45) is 0 Å². The van der Waals surface area contributed by atoms with Crippen LogP contribution in [0, 0.1) is 11.3 Å². The van der Waals surface area contributed by atoms with E-state index in [1.807, 2.05) is 24.3 Å². The van der Waals surface area contributed by atoms with Gasteiger partial charge in [-0.05, 0) is 23.8 Å². The molecule has 2 rings (SSSR count). The Morgan fingerprint density at radius 1 is 1.39 bits per heavy atom. The Bertz CT molecular complexity index is 575. The molecule has 1 aromatic heterocycles. The van der Waals surface area contributed by atoms with Gasteiger partial charge < -0.3 is 10.1 Å². The number of hydrogen-bond acceptors (Lipinski definition) is 4. The van der Waals surface area contributed by atoms with Gasteiger partial charge in [0.15, 0.2) is 0 Å². The van der Waals surface area contributed by atoms with Gasteiger partial charge in [0.05, 0.1) is 24.1 Å². The number of nitrogens with zero attached hydrogens (tertiary/aromatic N) is 2. The third-order valence-electron chi connectivity index (χ3n) is 2.46. The molecule has 0 aliphatic rings. The van der Waals surface area contributed by atoms with Gasteiger partial charge in [0.25, 0.3) is 0 Å². The fraction of sp³-hybridized carbons (Fsp3) is 0.143. The van der Waals surface area contributed by atoms with Crippen molar-refractivity contribution in [3.05, 3.63) is 53.9 Å². The number of anilines is 2. The Labute approximate surface area is 106 Å². The first-order valence-corrected chi connectivity index (χ1v) is 5.52. The van der Waals surface area contributed by atoms with E-state index in [0.717, 1.165) is 11.3 Å². The van der Waals surface area contributed by atoms with E-state index < -0.39 is 0 Å². The molecule has 0 amide bonds. The highest BCUT2D eigenvalue weighted by Gasteiger charge is 2.02. The number of nitriles is 1. The van der Waals surface area contributed by atoms with Crippen molar-refractivity contribution in [3.63, 3.8) is 0 Å². The van der Waals surface area contributed by atoms with Gasteiger partial charge in [-0.3, -0.25) is 4.98 Å². The quantitative estimate of drug-likeness (QED) is 0.891. The van der Waals surface area contributed by atoms with Crippen molar-refractivity contribution in [2.45, 2.75) is 6.61 Å². The molecule has 1 heterocycles. The first-order chi connectivity index (χ1) is 8.83. The summed E-state index contributed by atoms with van der Waals surface area (Å²) in [7, 11) is 1.66. The maximum atomic E-state index is 9.00. The lowest BCUT2D eigenvalue weighted by Crippen LogP contribution is -1.96. The Balaban J connectivity index is 2.23. The van der Waals surface area contributed by atoms with Crippen LogP contribution in [0.2, 0.25) is 0 Å². The average Bonchev–Trinajstić information content (AvgIpc) is 2.40. The van der Waals surface area contributed by atoms with Gasteiger partial charge >= 0.3 is 0 Å². The van der Waals surface area contributed by atoms with Gasteiger partial charge in [0, 0.05) is 19.0 Å². The van der Waals surface area contributed by atoms with E-state index in [-0.39, 0.29) is 0 Å². The van der Waals surface area contributed by atoms with Crippen LogP contribution in [0.5, 0.6) is 0 Å². The summed E-state index contributed by atoms with van der Waals surface area (Å²) in [5.74, 6) is 0. The van der Waals surface area contributed by atoms with Gasteiger partial charge in [0.1, 0.15) is 6.07 Å². The number of aromatic nitrogens is 1. The van der Waals surface area contributed by atoms with Crippen LogP contribution in [-0.2, 0) is 11.3 Å². The standard InChI is InChI=1S/C14H13N3O/c1-18-10-11-3-2-4-13(7-11)17-14-9-16-6-5-12(14)8-15/h2-7,9,17H,10H2,1H3. The number of nitrogens with one attached hydrogen (secondary N) is 1. The van der Waals surface area contributed by atoms with Crippen LogP contribution in [0.1, 0.15) is 11.1 Å². The van der Waals surface area contributed by atoms with E-state index in [0.29, 0.717) is 17.9 Å². The average molecular weight is 239 g/mol. The second kappa shape index (κ2) is 5.80. The second-order valence-electron chi connectivity index (χ2n) is 3.79. The molecule has 2 aromatic rings. The van der Waals surface area contributed by atoms with Gasteiger partial charge in [-0.2, -0.15) is 5.26 Å². The van der Waals surface area contributed by atoms with Crippen molar-refractivity contribution in [1.82, 2.24) is 4.98 Å². The predicted molar refractivity (Wildman–Crippen MR) is 69.4 cm³/mol. The molecular weight excluding hydrogens is 226 g/mol. The smallest absolute Gasteiger partial charge is 0.101 e. The van der Waals surface area contributed by atoms with Gasteiger partial charge in [-0.15, -0.1) is 0 Å². The highest BCUT2D eigenvalue weighted by Crippen LogP contribution is 2.20. The van der Waals surface area contributed by atoms with Crippen LogP contribution in [-0.4, -0.2) is 12.1 Å². The molecule has 1 aromatic carbocycles. The van der Waals surface area contributed by atoms with E-state index in [2.05, 4.69) is 16.4 Å². The molecule has 0 radical (unpaired) electrons. The fourth-order valence-corrected chi connectivity index (χ4v) is 1.65. The summed E-state index contributed by atoms with van der Waals surface area (Å²) in [6, 6.07) is 11.7. The summed E-state index contributed by atoms with van der Waals surface area (Å²) in [6.45, 7) is 0.563. The van der Waals surface area contributed by atoms with Crippen LogP contribution in [0.3, 0.4) is 0 Å². The normalized spacial score (nSPS) is 9.78. The highest BCUT2D eigenvalue weighted by atomic mass is 16.5. The maximum absolute atomic E-state index is 9.00. The molecule has 0 bridgehead atoms. The predicted octanol–water partition coefficient (Wildman–Crippen LogP) is 2.84. The zero-order valence-electron chi connectivity index (χ0n) is 10.1. The molecule has 90 valence electrons. The van der Waals surface area contributed by atoms with Gasteiger partial charge in [-0.1, -0.05) is 12.1 Å². The summed E-state index contributed by atoms with van der Waals surface area (Å²) in [5, 5.41) is 12.2. The van der Waals surface area contributed by atoms with Gasteiger partial charge in [0.2, 0.25) is 0 Å². The molecule has 0 spiro atoms. The van der Waals surface area contributed by atoms with Crippen LogP contribution >= 0.6 is 0 Å². The summed E-state index contributed by atoms with van der Waals surface area (Å²) in [5.41, 5.74) is 3.26. The number of hydrogen-bond donors (Lipinski definition) is 1. The van der Waals surface area contributed by atoms with Crippen LogP contribution in [0.4, 0.5) is 11.4 Å². The second-order valence-corrected chi connectivity index (χ2v) is 3.79. The molecule has 0 unspecified atom stereocenters. The van der Waals surface area contributed by atoms with Gasteiger partial charge in [-0.25, -0.2) is 0 Å². The number of benzene rings is 1. The first kappa shape index (κ1) is 12.1. The van der Waals surface area contributed by atoms with E-state index in [4.69, 9.17) is 10.00 Å². The molecule has 0 aliphatic heterocycles. The lowest BCUT2D eigenvalue weighted by Gasteiger charge is -2.09. The summed E-state index contributed by atoms with van der Waals surface area (Å²) < 4.78 is 5.09. The van der Waals surface area contributed by atoms with Crippen LogP contribution in [0.15, 0.2) is 42.7 Å². The summed E-state index contributed by atoms with van der Waals surface area (Å²) >= 11 is 0. The lowest BCUT2D eigenvalue weighted by atomic mass is 10.2. The SMILES string of the molecule is COCc1cccc(Nc2cnccc2C#N)c1. The van der Waals surface area contributed by atoms with Crippen molar-refractivity contribution in [3.8, 4) is 6.07 Å². The monoisotopic (exact) mass is 239 g/mol. The zero-order valence-corrected chi connectivity index (χ0v) is 10.1. The third-order valence-corrected chi connectivity index (χ3v) is 2.46. The molecule has 0 saturated carbocycles. The third kappa shape index (κ3) is 2.84. The molecule has 0 fully saturated rings. The van der Waals surface area contributed by atoms with Crippen molar-refractivity contribution in [1.29, 1.82) is 5.26 Å². The molecule has 0 aliphatic carbocycles. The fourth-order valence-electron chi connectivity index (χ4n) is 1.65. The summed E-state index contributed by atoms with van der Waals surface area (Å²) in [6.07, 6.45) is 3.24. The molecular formula is C14H13N3O. The topological polar surface area (TPSA) is 57.9 Å². The summed E-state index contributed by atoms with van der Waals surface area (Å²) in [4.78, 5) is 4.01. The Morgan fingerprint density at radius 3 is 3.06 bits per heavy atom. The van der Waals surface area contributed by atoms with E-state index in [1.165, 1.54) is 0 Å². The minimum absolute atomic E-state index is 0.563. The first-order valence-electron chi connectivity index (χ1n) is 5.52.